The van der Waals surface area contributed by atoms with Crippen molar-refractivity contribution in [1.82, 2.24) is 0 Å². The van der Waals surface area contributed by atoms with Gasteiger partial charge in [-0.15, -0.1) is 0 Å². The third kappa shape index (κ3) is 5.23. The highest BCUT2D eigenvalue weighted by Gasteiger charge is 2.61. The van der Waals surface area contributed by atoms with Gasteiger partial charge >= 0.3 is 16.0 Å². The van der Waals surface area contributed by atoms with Crippen molar-refractivity contribution in [2.24, 2.45) is 5.92 Å². The molecule has 1 aliphatic heterocycles. The van der Waals surface area contributed by atoms with Crippen molar-refractivity contribution in [2.45, 2.75) is 63.3 Å². The number of carboxylic acid groups (broad SMARTS) is 1. The zero-order valence-electron chi connectivity index (χ0n) is 21.7. The van der Waals surface area contributed by atoms with E-state index in [2.05, 4.69) is 6.92 Å². The third-order valence-corrected chi connectivity index (χ3v) is 10.6. The standard InChI is InChI=1S/C31H37NO4S/c1-3-27(25-17-10-6-11-18-25)28-21-14-22-32(30(28)31(33)34,29(4-2)26-19-12-7-13-20-26)37(35,36)23-24-15-8-5-9-16-24/h5-13,15-20,27-30H,3-4,14,21-23H2,1-2H3/p+1. The molecule has 1 saturated heterocycles. The van der Waals surface area contributed by atoms with Gasteiger partial charge in [0.05, 0.1) is 6.54 Å². The minimum atomic E-state index is -3.95. The molecule has 6 heteroatoms. The predicted octanol–water partition coefficient (Wildman–Crippen LogP) is 6.54. The van der Waals surface area contributed by atoms with Crippen LogP contribution < -0.4 is 0 Å². The largest absolute Gasteiger partial charge is 0.477 e. The molecule has 1 fully saturated rings. The molecule has 0 bridgehead atoms. The second-order valence-electron chi connectivity index (χ2n) is 10.1. The van der Waals surface area contributed by atoms with Crippen LogP contribution in [0.15, 0.2) is 91.0 Å². The molecule has 3 aromatic carbocycles. The maximum Gasteiger partial charge on any atom is 0.364 e. The Balaban J connectivity index is 1.94. The number of quaternary nitrogens is 1. The number of carboxylic acids is 1. The van der Waals surface area contributed by atoms with Crippen LogP contribution in [0.2, 0.25) is 0 Å². The second kappa shape index (κ2) is 11.6. The van der Waals surface area contributed by atoms with Crippen LogP contribution in [0.25, 0.3) is 0 Å². The minimum Gasteiger partial charge on any atom is -0.477 e. The van der Waals surface area contributed by atoms with Crippen molar-refractivity contribution < 1.29 is 22.2 Å². The predicted molar refractivity (Wildman–Crippen MR) is 147 cm³/mol. The van der Waals surface area contributed by atoms with Crippen LogP contribution in [0.1, 0.15) is 68.2 Å². The van der Waals surface area contributed by atoms with E-state index in [1.807, 2.05) is 97.9 Å². The first-order chi connectivity index (χ1) is 17.9. The molecule has 1 heterocycles. The van der Waals surface area contributed by atoms with Crippen LogP contribution in [0, 0.1) is 5.92 Å². The van der Waals surface area contributed by atoms with E-state index < -0.39 is 32.0 Å². The molecule has 5 nitrogen and oxygen atoms in total. The monoisotopic (exact) mass is 520 g/mol. The molecule has 1 aliphatic rings. The summed E-state index contributed by atoms with van der Waals surface area (Å²) in [7, 11) is -3.95. The average Bonchev–Trinajstić information content (AvgIpc) is 2.91. The number of piperidine rings is 1. The van der Waals surface area contributed by atoms with Crippen LogP contribution in [0.5, 0.6) is 0 Å². The summed E-state index contributed by atoms with van der Waals surface area (Å²) in [5.74, 6) is -1.55. The summed E-state index contributed by atoms with van der Waals surface area (Å²) < 4.78 is 28.9. The van der Waals surface area contributed by atoms with Gasteiger partial charge in [0.1, 0.15) is 11.8 Å². The van der Waals surface area contributed by atoms with Crippen molar-refractivity contribution in [2.75, 3.05) is 6.54 Å². The fourth-order valence-electron chi connectivity index (χ4n) is 6.71. The molecule has 0 spiro atoms. The average molecular weight is 521 g/mol. The van der Waals surface area contributed by atoms with Gasteiger partial charge in [-0.3, -0.25) is 0 Å². The van der Waals surface area contributed by atoms with Gasteiger partial charge in [-0.2, -0.15) is 8.42 Å². The summed E-state index contributed by atoms with van der Waals surface area (Å²) in [6, 6.07) is 27.2. The number of likely N-dealkylation sites (tertiary alicyclic amines) is 1. The Hall–Kier alpha value is -2.96. The molecule has 3 aromatic rings. The number of carbonyl (C=O) groups is 1. The lowest BCUT2D eigenvalue weighted by Crippen LogP contribution is -2.68. The van der Waals surface area contributed by atoms with Gasteiger partial charge in [-0.25, -0.2) is 8.68 Å². The van der Waals surface area contributed by atoms with E-state index in [1.54, 1.807) is 0 Å². The molecule has 1 N–H and O–H groups in total. The molecular weight excluding hydrogens is 482 g/mol. The highest BCUT2D eigenvalue weighted by atomic mass is 32.2. The summed E-state index contributed by atoms with van der Waals surface area (Å²) in [6.45, 7) is 4.35. The van der Waals surface area contributed by atoms with Crippen LogP contribution in [0.4, 0.5) is 0 Å². The lowest BCUT2D eigenvalue weighted by molar-refractivity contribution is -0.867. The Labute approximate surface area is 221 Å². The zero-order chi connectivity index (χ0) is 26.5. The fourth-order valence-corrected chi connectivity index (χ4v) is 9.22. The lowest BCUT2D eigenvalue weighted by atomic mass is 9.74. The normalized spacial score (nSPS) is 23.7. The smallest absolute Gasteiger partial charge is 0.364 e. The summed E-state index contributed by atoms with van der Waals surface area (Å²) in [5, 5.41) is 10.9. The Morgan fingerprint density at radius 1 is 0.865 bits per heavy atom. The zero-order valence-corrected chi connectivity index (χ0v) is 22.6. The molecule has 37 heavy (non-hydrogen) atoms. The Morgan fingerprint density at radius 3 is 1.92 bits per heavy atom. The molecule has 0 amide bonds. The van der Waals surface area contributed by atoms with Crippen molar-refractivity contribution in [3.63, 3.8) is 0 Å². The Bertz CT molecular complexity index is 1260. The van der Waals surface area contributed by atoms with Gasteiger partial charge < -0.3 is 5.11 Å². The van der Waals surface area contributed by atoms with Gasteiger partial charge in [-0.1, -0.05) is 105 Å². The van der Waals surface area contributed by atoms with Gasteiger partial charge in [-0.05, 0) is 36.3 Å². The maximum atomic E-state index is 14.7. The maximum absolute atomic E-state index is 14.7. The number of nitrogens with zero attached hydrogens (tertiary/aromatic N) is 1. The molecular formula is C31H38NO4S+. The van der Waals surface area contributed by atoms with Gasteiger partial charge in [0.25, 0.3) is 0 Å². The molecule has 0 radical (unpaired) electrons. The Morgan fingerprint density at radius 2 is 1.41 bits per heavy atom. The van der Waals surface area contributed by atoms with E-state index in [0.717, 1.165) is 17.5 Å². The van der Waals surface area contributed by atoms with Crippen LogP contribution in [-0.2, 0) is 20.6 Å². The van der Waals surface area contributed by atoms with E-state index in [0.29, 0.717) is 31.4 Å². The number of hydrogen-bond donors (Lipinski definition) is 1. The number of benzene rings is 3. The molecule has 5 unspecified atom stereocenters. The van der Waals surface area contributed by atoms with Crippen LogP contribution >= 0.6 is 0 Å². The minimum absolute atomic E-state index is 0.0414. The van der Waals surface area contributed by atoms with Crippen molar-refractivity contribution in [3.8, 4) is 0 Å². The van der Waals surface area contributed by atoms with Crippen molar-refractivity contribution in [1.29, 1.82) is 0 Å². The van der Waals surface area contributed by atoms with Crippen LogP contribution in [-0.4, -0.2) is 36.0 Å². The second-order valence-corrected chi connectivity index (χ2v) is 12.3. The molecule has 0 aromatic heterocycles. The molecule has 0 saturated carbocycles. The summed E-state index contributed by atoms with van der Waals surface area (Å²) >= 11 is 0. The molecule has 0 aliphatic carbocycles. The van der Waals surface area contributed by atoms with E-state index in [-0.39, 0.29) is 17.6 Å². The molecule has 5 atom stereocenters. The summed E-state index contributed by atoms with van der Waals surface area (Å²) in [4.78, 5) is 13.3. The highest BCUT2D eigenvalue weighted by molar-refractivity contribution is 7.85. The summed E-state index contributed by atoms with van der Waals surface area (Å²) in [6.07, 6.45) is 2.63. The number of sulfonamides is 1. The van der Waals surface area contributed by atoms with Gasteiger partial charge in [0, 0.05) is 17.9 Å². The SMILES string of the molecule is CCC(c1ccccc1)C1CCC[N+](C(CC)c2ccccc2)(S(=O)(=O)Cc2ccccc2)C1C(=O)O. The Kier molecular flexibility index (Phi) is 8.50. The van der Waals surface area contributed by atoms with E-state index in [4.69, 9.17) is 0 Å². The van der Waals surface area contributed by atoms with E-state index in [9.17, 15) is 18.3 Å². The van der Waals surface area contributed by atoms with Gasteiger partial charge in [0.15, 0.2) is 0 Å². The molecule has 4 rings (SSSR count). The van der Waals surface area contributed by atoms with Crippen LogP contribution in [0.3, 0.4) is 0 Å². The van der Waals surface area contributed by atoms with Crippen molar-refractivity contribution >= 4 is 16.0 Å². The first-order valence-corrected chi connectivity index (χ1v) is 14.9. The third-order valence-electron chi connectivity index (χ3n) is 8.17. The summed E-state index contributed by atoms with van der Waals surface area (Å²) in [5.41, 5.74) is 2.64. The first-order valence-electron chi connectivity index (χ1n) is 13.3. The number of hydrogen-bond acceptors (Lipinski definition) is 3. The fraction of sp³-hybridized carbons (Fsp3) is 0.387. The quantitative estimate of drug-likeness (QED) is 0.308. The van der Waals surface area contributed by atoms with E-state index in [1.165, 1.54) is 0 Å². The van der Waals surface area contributed by atoms with Crippen molar-refractivity contribution in [3.05, 3.63) is 108 Å². The number of aliphatic carboxylic acids is 1. The van der Waals surface area contributed by atoms with Gasteiger partial charge in [0.2, 0.25) is 6.04 Å². The molecule has 196 valence electrons. The topological polar surface area (TPSA) is 71.4 Å². The lowest BCUT2D eigenvalue weighted by Gasteiger charge is -2.52. The number of rotatable bonds is 10. The first kappa shape index (κ1) is 27.1. The highest BCUT2D eigenvalue weighted by Crippen LogP contribution is 2.49. The van der Waals surface area contributed by atoms with E-state index >= 15 is 0 Å².